The van der Waals surface area contributed by atoms with Crippen LogP contribution >= 0.6 is 0 Å². The topological polar surface area (TPSA) is 125 Å². The first kappa shape index (κ1) is 23.3. The Morgan fingerprint density at radius 2 is 1.62 bits per heavy atom. The molecule has 0 radical (unpaired) electrons. The van der Waals surface area contributed by atoms with Crippen LogP contribution in [0.5, 0.6) is 0 Å². The van der Waals surface area contributed by atoms with Crippen molar-refractivity contribution in [1.29, 1.82) is 0 Å². The summed E-state index contributed by atoms with van der Waals surface area (Å²) in [6, 6.07) is 4.70. The molecule has 2 N–H and O–H groups in total. The minimum Gasteiger partial charge on any atom is -0.340 e. The van der Waals surface area contributed by atoms with E-state index in [1.807, 2.05) is 0 Å². The van der Waals surface area contributed by atoms with Crippen molar-refractivity contribution < 1.29 is 19.2 Å². The summed E-state index contributed by atoms with van der Waals surface area (Å²) in [6.07, 6.45) is 8.66. The van der Waals surface area contributed by atoms with Crippen LogP contribution < -0.4 is 10.6 Å². The van der Waals surface area contributed by atoms with E-state index in [1.54, 1.807) is 54.7 Å². The van der Waals surface area contributed by atoms with Crippen molar-refractivity contribution in [3.05, 3.63) is 54.6 Å². The molecule has 0 saturated carbocycles. The summed E-state index contributed by atoms with van der Waals surface area (Å²) in [5.74, 6) is -1.20. The number of pyridine rings is 2. The molecule has 2 fully saturated rings. The molecule has 2 aromatic rings. The third-order valence-corrected chi connectivity index (χ3v) is 6.23. The van der Waals surface area contributed by atoms with Gasteiger partial charge in [-0.05, 0) is 56.9 Å². The van der Waals surface area contributed by atoms with Gasteiger partial charge in [-0.25, -0.2) is 0 Å². The van der Waals surface area contributed by atoms with E-state index in [1.165, 1.54) is 11.1 Å². The van der Waals surface area contributed by atoms with Gasteiger partial charge in [0.1, 0.15) is 18.1 Å². The van der Waals surface area contributed by atoms with E-state index < -0.39 is 24.0 Å². The van der Waals surface area contributed by atoms with Crippen molar-refractivity contribution >= 4 is 29.3 Å². The Kier molecular flexibility index (Phi) is 7.15. The van der Waals surface area contributed by atoms with E-state index in [0.29, 0.717) is 43.6 Å². The lowest BCUT2D eigenvalue weighted by Crippen LogP contribution is -2.55. The number of carbonyl (C=O) groups is 4. The van der Waals surface area contributed by atoms with Crippen molar-refractivity contribution in [2.45, 2.75) is 50.7 Å². The van der Waals surface area contributed by atoms with Gasteiger partial charge < -0.3 is 20.4 Å². The molecule has 0 spiro atoms. The number of hydrogen-bond acceptors (Lipinski definition) is 6. The smallest absolute Gasteiger partial charge is 0.253 e. The summed E-state index contributed by atoms with van der Waals surface area (Å²) in [7, 11) is 0. The van der Waals surface area contributed by atoms with Crippen LogP contribution in [0.1, 0.15) is 43.0 Å². The van der Waals surface area contributed by atoms with Gasteiger partial charge in [-0.1, -0.05) is 0 Å². The molecule has 34 heavy (non-hydrogen) atoms. The average Bonchev–Trinajstić information content (AvgIpc) is 3.54. The fourth-order valence-electron chi connectivity index (χ4n) is 4.53. The third kappa shape index (κ3) is 5.05. The fraction of sp³-hybridized carbons (Fsp3) is 0.417. The van der Waals surface area contributed by atoms with Crippen LogP contribution in [0, 0.1) is 0 Å². The summed E-state index contributed by atoms with van der Waals surface area (Å²) in [4.78, 5) is 62.9. The summed E-state index contributed by atoms with van der Waals surface area (Å²) in [5.41, 5.74) is 0.929. The summed E-state index contributed by atoms with van der Waals surface area (Å²) in [6.45, 7) is 2.51. The number of nitrogens with zero attached hydrogens (tertiary/aromatic N) is 4. The minimum atomic E-state index is -0.802. The lowest BCUT2D eigenvalue weighted by molar-refractivity contribution is -0.146. The number of likely N-dealkylation sites (tertiary alicyclic amines) is 2. The molecule has 4 rings (SSSR count). The standard InChI is InChI=1S/C24H28N6O4/c1-16(27-21(31)17-6-2-10-25-14-17)23(33)30-13-5-9-20(30)24(34)29-12-4-8-19(29)22(32)28-18-7-3-11-26-15-18/h2-3,6-7,10-11,14-16,19-20H,4-5,8-9,12-13H2,1H3,(H,27,31)(H,28,32)/t16-,19-,20-/m0/s1. The zero-order valence-electron chi connectivity index (χ0n) is 19.0. The molecule has 2 aromatic heterocycles. The molecule has 4 amide bonds. The van der Waals surface area contributed by atoms with E-state index in [2.05, 4.69) is 20.6 Å². The second-order valence-corrected chi connectivity index (χ2v) is 8.55. The second kappa shape index (κ2) is 10.4. The summed E-state index contributed by atoms with van der Waals surface area (Å²) >= 11 is 0. The normalized spacial score (nSPS) is 20.6. The molecular weight excluding hydrogens is 436 g/mol. The van der Waals surface area contributed by atoms with Crippen molar-refractivity contribution in [2.24, 2.45) is 0 Å². The summed E-state index contributed by atoms with van der Waals surface area (Å²) in [5, 5.41) is 5.51. The molecule has 4 heterocycles. The van der Waals surface area contributed by atoms with E-state index in [0.717, 1.165) is 6.42 Å². The van der Waals surface area contributed by atoms with Crippen LogP contribution in [0.25, 0.3) is 0 Å². The highest BCUT2D eigenvalue weighted by Gasteiger charge is 2.43. The average molecular weight is 465 g/mol. The molecule has 178 valence electrons. The quantitative estimate of drug-likeness (QED) is 0.662. The van der Waals surface area contributed by atoms with Crippen LogP contribution in [0.4, 0.5) is 5.69 Å². The highest BCUT2D eigenvalue weighted by atomic mass is 16.2. The van der Waals surface area contributed by atoms with Crippen LogP contribution in [0.15, 0.2) is 49.1 Å². The van der Waals surface area contributed by atoms with Gasteiger partial charge in [0, 0.05) is 31.7 Å². The Bertz CT molecular complexity index is 1050. The van der Waals surface area contributed by atoms with Gasteiger partial charge in [0.15, 0.2) is 0 Å². The molecule has 2 aliphatic rings. The largest absolute Gasteiger partial charge is 0.340 e. The van der Waals surface area contributed by atoms with Crippen molar-refractivity contribution in [2.75, 3.05) is 18.4 Å². The molecule has 0 aliphatic carbocycles. The first-order chi connectivity index (χ1) is 16.5. The van der Waals surface area contributed by atoms with Gasteiger partial charge in [0.25, 0.3) is 5.91 Å². The van der Waals surface area contributed by atoms with Crippen LogP contribution in [0.2, 0.25) is 0 Å². The molecule has 3 atom stereocenters. The van der Waals surface area contributed by atoms with Crippen molar-refractivity contribution in [3.63, 3.8) is 0 Å². The van der Waals surface area contributed by atoms with Crippen LogP contribution in [-0.2, 0) is 14.4 Å². The van der Waals surface area contributed by atoms with Gasteiger partial charge in [0.05, 0.1) is 17.4 Å². The van der Waals surface area contributed by atoms with E-state index in [-0.39, 0.29) is 17.7 Å². The minimum absolute atomic E-state index is 0.222. The first-order valence-corrected chi connectivity index (χ1v) is 11.5. The fourth-order valence-corrected chi connectivity index (χ4v) is 4.53. The lowest BCUT2D eigenvalue weighted by atomic mass is 10.1. The van der Waals surface area contributed by atoms with Crippen LogP contribution in [0.3, 0.4) is 0 Å². The Balaban J connectivity index is 1.40. The highest BCUT2D eigenvalue weighted by Crippen LogP contribution is 2.26. The van der Waals surface area contributed by atoms with Gasteiger partial charge in [-0.2, -0.15) is 0 Å². The molecule has 10 nitrogen and oxygen atoms in total. The first-order valence-electron chi connectivity index (χ1n) is 11.5. The predicted molar refractivity (Wildman–Crippen MR) is 124 cm³/mol. The van der Waals surface area contributed by atoms with Crippen molar-refractivity contribution in [3.8, 4) is 0 Å². The monoisotopic (exact) mass is 464 g/mol. The van der Waals surface area contributed by atoms with Gasteiger partial charge in [-0.3, -0.25) is 29.1 Å². The Morgan fingerprint density at radius 1 is 0.941 bits per heavy atom. The van der Waals surface area contributed by atoms with E-state index in [9.17, 15) is 19.2 Å². The lowest BCUT2D eigenvalue weighted by Gasteiger charge is -2.32. The zero-order chi connectivity index (χ0) is 24.1. The number of aromatic nitrogens is 2. The third-order valence-electron chi connectivity index (χ3n) is 6.23. The Morgan fingerprint density at radius 3 is 2.29 bits per heavy atom. The summed E-state index contributed by atoms with van der Waals surface area (Å²) < 4.78 is 0. The number of anilines is 1. The maximum absolute atomic E-state index is 13.4. The van der Waals surface area contributed by atoms with Crippen LogP contribution in [-0.4, -0.2) is 74.6 Å². The number of carbonyl (C=O) groups excluding carboxylic acids is 4. The molecule has 2 saturated heterocycles. The maximum atomic E-state index is 13.4. The number of amides is 4. The molecule has 0 unspecified atom stereocenters. The zero-order valence-corrected chi connectivity index (χ0v) is 19.0. The van der Waals surface area contributed by atoms with E-state index >= 15 is 0 Å². The Hall–Kier alpha value is -3.82. The maximum Gasteiger partial charge on any atom is 0.253 e. The molecule has 10 heteroatoms. The predicted octanol–water partition coefficient (Wildman–Crippen LogP) is 1.22. The molecular formula is C24H28N6O4. The van der Waals surface area contributed by atoms with Crippen molar-refractivity contribution in [1.82, 2.24) is 25.1 Å². The van der Waals surface area contributed by atoms with Gasteiger partial charge in [0.2, 0.25) is 17.7 Å². The highest BCUT2D eigenvalue weighted by molar-refractivity contribution is 6.00. The molecule has 2 aliphatic heterocycles. The van der Waals surface area contributed by atoms with Gasteiger partial charge in [-0.15, -0.1) is 0 Å². The number of hydrogen-bond donors (Lipinski definition) is 2. The number of rotatable bonds is 6. The SMILES string of the molecule is C[C@H](NC(=O)c1cccnc1)C(=O)N1CCC[C@H]1C(=O)N1CCC[C@H]1C(=O)Nc1cccnc1. The molecule has 0 aromatic carbocycles. The molecule has 0 bridgehead atoms. The number of nitrogens with one attached hydrogen (secondary N) is 2. The van der Waals surface area contributed by atoms with E-state index in [4.69, 9.17) is 0 Å². The van der Waals surface area contributed by atoms with Gasteiger partial charge >= 0.3 is 0 Å². The second-order valence-electron chi connectivity index (χ2n) is 8.55. The Labute approximate surface area is 197 Å².